The molecule has 0 aromatic heterocycles. The van der Waals surface area contributed by atoms with E-state index in [1.54, 1.807) is 0 Å². The van der Waals surface area contributed by atoms with Crippen LogP contribution in [0, 0.1) is 11.8 Å². The number of carbonyl (C=O) groups excluding carboxylic acids is 2. The quantitative estimate of drug-likeness (QED) is 0.165. The van der Waals surface area contributed by atoms with E-state index in [4.69, 9.17) is 9.47 Å². The molecule has 6 nitrogen and oxygen atoms in total. The third kappa shape index (κ3) is 7.25. The molecule has 38 heavy (non-hydrogen) atoms. The van der Waals surface area contributed by atoms with Crippen molar-refractivity contribution in [2.45, 2.75) is 62.9 Å². The van der Waals surface area contributed by atoms with Crippen LogP contribution < -0.4 is 15.4 Å². The summed E-state index contributed by atoms with van der Waals surface area (Å²) in [6.45, 7) is 5.81. The number of nitrogens with one attached hydrogen (secondary N) is 2. The number of benzene rings is 2. The Morgan fingerprint density at radius 1 is 0.947 bits per heavy atom. The fourth-order valence-corrected chi connectivity index (χ4v) is 5.86. The van der Waals surface area contributed by atoms with Crippen molar-refractivity contribution in [2.75, 3.05) is 26.2 Å². The first-order valence-electron chi connectivity index (χ1n) is 14.2. The van der Waals surface area contributed by atoms with Crippen LogP contribution in [-0.2, 0) is 19.7 Å². The molecule has 0 saturated heterocycles. The predicted octanol–water partition coefficient (Wildman–Crippen LogP) is 5.19. The molecule has 0 radical (unpaired) electrons. The predicted molar refractivity (Wildman–Crippen MR) is 150 cm³/mol. The highest BCUT2D eigenvalue weighted by Gasteiger charge is 2.47. The normalized spacial score (nSPS) is 22.4. The molecule has 204 valence electrons. The lowest BCUT2D eigenvalue weighted by atomic mass is 9.68. The summed E-state index contributed by atoms with van der Waals surface area (Å²) >= 11 is 0. The summed E-state index contributed by atoms with van der Waals surface area (Å²) in [5.74, 6) is 1.23. The number of carbonyl (C=O) groups is 2. The van der Waals surface area contributed by atoms with Gasteiger partial charge in [-0.3, -0.25) is 9.59 Å². The summed E-state index contributed by atoms with van der Waals surface area (Å²) in [5, 5.41) is 6.11. The maximum Gasteiger partial charge on any atom is 0.316 e. The van der Waals surface area contributed by atoms with E-state index in [1.807, 2.05) is 54.6 Å². The molecule has 0 aliphatic heterocycles. The minimum atomic E-state index is -0.540. The number of hydrogen-bond donors (Lipinski definition) is 2. The minimum Gasteiger partial charge on any atom is -0.492 e. The van der Waals surface area contributed by atoms with Crippen molar-refractivity contribution in [2.24, 2.45) is 11.8 Å². The Morgan fingerprint density at radius 3 is 2.32 bits per heavy atom. The Bertz CT molecular complexity index is 1020. The first-order valence-corrected chi connectivity index (χ1v) is 14.2. The van der Waals surface area contributed by atoms with Crippen LogP contribution in [0.5, 0.6) is 5.75 Å². The summed E-state index contributed by atoms with van der Waals surface area (Å²) in [5.41, 5.74) is 0.548. The van der Waals surface area contributed by atoms with E-state index in [0.717, 1.165) is 49.8 Å². The monoisotopic (exact) mass is 518 g/mol. The summed E-state index contributed by atoms with van der Waals surface area (Å²) in [7, 11) is 0. The van der Waals surface area contributed by atoms with Gasteiger partial charge in [-0.15, -0.1) is 6.58 Å². The smallest absolute Gasteiger partial charge is 0.316 e. The third-order valence-electron chi connectivity index (χ3n) is 8.14. The van der Waals surface area contributed by atoms with Gasteiger partial charge >= 0.3 is 5.97 Å². The minimum absolute atomic E-state index is 0.0586. The van der Waals surface area contributed by atoms with Crippen molar-refractivity contribution >= 4 is 11.9 Å². The Balaban J connectivity index is 1.22. The second kappa shape index (κ2) is 14.1. The van der Waals surface area contributed by atoms with E-state index in [9.17, 15) is 9.59 Å². The number of rotatable bonds is 13. The Labute approximate surface area is 227 Å². The zero-order chi connectivity index (χ0) is 26.6. The van der Waals surface area contributed by atoms with Crippen LogP contribution in [0.4, 0.5) is 0 Å². The number of ether oxygens (including phenoxy) is 2. The highest BCUT2D eigenvalue weighted by atomic mass is 16.5. The van der Waals surface area contributed by atoms with Crippen LogP contribution in [0.2, 0.25) is 0 Å². The van der Waals surface area contributed by atoms with E-state index < -0.39 is 5.41 Å². The first kappa shape index (κ1) is 27.9. The lowest BCUT2D eigenvalue weighted by Crippen LogP contribution is -2.48. The molecule has 2 N–H and O–H groups in total. The Morgan fingerprint density at radius 2 is 1.63 bits per heavy atom. The van der Waals surface area contributed by atoms with Crippen molar-refractivity contribution < 1.29 is 19.1 Å². The molecular formula is C32H42N2O4. The van der Waals surface area contributed by atoms with Crippen molar-refractivity contribution in [1.82, 2.24) is 10.6 Å². The fraction of sp³-hybridized carbons (Fsp3) is 0.500. The lowest BCUT2D eigenvalue weighted by molar-refractivity contribution is -0.169. The molecule has 2 saturated carbocycles. The van der Waals surface area contributed by atoms with Crippen molar-refractivity contribution in [3.05, 3.63) is 78.9 Å². The largest absolute Gasteiger partial charge is 0.492 e. The summed E-state index contributed by atoms with van der Waals surface area (Å²) in [6.07, 6.45) is 9.69. The van der Waals surface area contributed by atoms with Gasteiger partial charge in [-0.2, -0.15) is 0 Å². The number of para-hydroxylation sites is 1. The van der Waals surface area contributed by atoms with Crippen molar-refractivity contribution in [1.29, 1.82) is 0 Å². The molecule has 2 fully saturated rings. The zero-order valence-corrected chi connectivity index (χ0v) is 22.4. The molecule has 3 atom stereocenters. The Kier molecular flexibility index (Phi) is 10.4. The first-order chi connectivity index (χ1) is 18.6. The standard InChI is InChI=1S/C32H42N2O4/c1-2-25-23-29(38-31(36)32(18-11-3-4-12-19-32)26-13-7-5-8-14-26)28(25)17-20-33-24-30(35)34-21-22-37-27-15-9-6-10-16-27/h2,5-10,13-16,25,28-29,33H,1,3-4,11-12,17-24H2,(H,34,35)/t25?,28?,29-/m0/s1. The molecule has 0 spiro atoms. The highest BCUT2D eigenvalue weighted by Crippen LogP contribution is 2.44. The third-order valence-corrected chi connectivity index (χ3v) is 8.14. The molecule has 2 aromatic rings. The maximum atomic E-state index is 13.7. The SMILES string of the molecule is C=CC1C[C@H](OC(=O)C2(c3ccccc3)CCCCCC2)C1CCNCC(=O)NCCOc1ccccc1. The number of amides is 1. The fourth-order valence-electron chi connectivity index (χ4n) is 5.86. The topological polar surface area (TPSA) is 76.7 Å². The lowest BCUT2D eigenvalue weighted by Gasteiger charge is -2.44. The molecule has 4 rings (SSSR count). The van der Waals surface area contributed by atoms with E-state index in [0.29, 0.717) is 25.6 Å². The molecule has 2 unspecified atom stereocenters. The second-order valence-corrected chi connectivity index (χ2v) is 10.6. The molecule has 6 heteroatoms. The molecule has 0 bridgehead atoms. The van der Waals surface area contributed by atoms with Crippen LogP contribution in [0.25, 0.3) is 0 Å². The molecule has 1 amide bonds. The van der Waals surface area contributed by atoms with Crippen LogP contribution in [0.1, 0.15) is 56.9 Å². The molecule has 2 aromatic carbocycles. The van der Waals surface area contributed by atoms with Crippen molar-refractivity contribution in [3.63, 3.8) is 0 Å². The van der Waals surface area contributed by atoms with E-state index in [2.05, 4.69) is 29.3 Å². The van der Waals surface area contributed by atoms with Gasteiger partial charge < -0.3 is 20.1 Å². The second-order valence-electron chi connectivity index (χ2n) is 10.6. The van der Waals surface area contributed by atoms with Crippen LogP contribution in [0.15, 0.2) is 73.3 Å². The van der Waals surface area contributed by atoms with Crippen LogP contribution in [-0.4, -0.2) is 44.2 Å². The average Bonchev–Trinajstić information content (AvgIpc) is 3.21. The van der Waals surface area contributed by atoms with Gasteiger partial charge in [-0.05, 0) is 55.8 Å². The molecule has 2 aliphatic rings. The maximum absolute atomic E-state index is 13.7. The van der Waals surface area contributed by atoms with Gasteiger partial charge in [0.1, 0.15) is 18.5 Å². The van der Waals surface area contributed by atoms with Gasteiger partial charge in [-0.25, -0.2) is 0 Å². The number of hydrogen-bond acceptors (Lipinski definition) is 5. The summed E-state index contributed by atoms with van der Waals surface area (Å²) < 4.78 is 11.9. The highest BCUT2D eigenvalue weighted by molar-refractivity contribution is 5.83. The number of esters is 1. The zero-order valence-electron chi connectivity index (χ0n) is 22.4. The van der Waals surface area contributed by atoms with E-state index >= 15 is 0 Å². The van der Waals surface area contributed by atoms with E-state index in [-0.39, 0.29) is 30.4 Å². The molecule has 0 heterocycles. The van der Waals surface area contributed by atoms with Gasteiger partial charge in [0.25, 0.3) is 0 Å². The molecule has 2 aliphatic carbocycles. The van der Waals surface area contributed by atoms with Crippen LogP contribution in [0.3, 0.4) is 0 Å². The van der Waals surface area contributed by atoms with Gasteiger partial charge in [0.2, 0.25) is 5.91 Å². The van der Waals surface area contributed by atoms with Gasteiger partial charge in [0, 0.05) is 5.92 Å². The van der Waals surface area contributed by atoms with Crippen molar-refractivity contribution in [3.8, 4) is 5.75 Å². The van der Waals surface area contributed by atoms with Crippen LogP contribution >= 0.6 is 0 Å². The summed E-state index contributed by atoms with van der Waals surface area (Å²) in [6, 6.07) is 19.8. The Hall–Kier alpha value is -3.12. The van der Waals surface area contributed by atoms with Gasteiger partial charge in [0.15, 0.2) is 0 Å². The summed E-state index contributed by atoms with van der Waals surface area (Å²) in [4.78, 5) is 25.9. The van der Waals surface area contributed by atoms with E-state index in [1.165, 1.54) is 12.8 Å². The van der Waals surface area contributed by atoms with Gasteiger partial charge in [-0.1, -0.05) is 80.3 Å². The average molecular weight is 519 g/mol. The number of allylic oxidation sites excluding steroid dienone is 1. The molecular weight excluding hydrogens is 476 g/mol. The van der Waals surface area contributed by atoms with Gasteiger partial charge in [0.05, 0.1) is 18.5 Å².